The molecule has 0 bridgehead atoms. The molecule has 19 heavy (non-hydrogen) atoms. The molecule has 0 heterocycles. The molecule has 1 rings (SSSR count). The summed E-state index contributed by atoms with van der Waals surface area (Å²) in [6.45, 7) is 9.51. The second kappa shape index (κ2) is 5.80. The van der Waals surface area contributed by atoms with Crippen molar-refractivity contribution in [2.75, 3.05) is 0 Å². The van der Waals surface area contributed by atoms with Gasteiger partial charge in [0, 0.05) is 6.04 Å². The Morgan fingerprint density at radius 3 is 2.37 bits per heavy atom. The zero-order valence-electron chi connectivity index (χ0n) is 12.4. The molecule has 0 radical (unpaired) electrons. The van der Waals surface area contributed by atoms with Gasteiger partial charge in [-0.2, -0.15) is 0 Å². The summed E-state index contributed by atoms with van der Waals surface area (Å²) in [5.74, 6) is -1.02. The molecule has 0 aromatic rings. The van der Waals surface area contributed by atoms with Gasteiger partial charge in [-0.3, -0.25) is 4.79 Å². The second-order valence-electron chi connectivity index (χ2n) is 6.28. The number of carboxylic acid groups (broad SMARTS) is 1. The number of ether oxygens (including phenoxy) is 1. The first-order chi connectivity index (χ1) is 8.66. The molecule has 5 nitrogen and oxygen atoms in total. The Morgan fingerprint density at radius 2 is 1.89 bits per heavy atom. The van der Waals surface area contributed by atoms with E-state index in [9.17, 15) is 14.7 Å². The Morgan fingerprint density at radius 1 is 1.32 bits per heavy atom. The van der Waals surface area contributed by atoms with Crippen LogP contribution in [0.4, 0.5) is 4.79 Å². The van der Waals surface area contributed by atoms with Gasteiger partial charge >= 0.3 is 12.1 Å². The van der Waals surface area contributed by atoms with E-state index >= 15 is 0 Å². The van der Waals surface area contributed by atoms with Gasteiger partial charge < -0.3 is 15.2 Å². The molecule has 1 amide bonds. The molecule has 0 aromatic carbocycles. The molecule has 0 spiro atoms. The van der Waals surface area contributed by atoms with E-state index in [4.69, 9.17) is 4.74 Å². The summed E-state index contributed by atoms with van der Waals surface area (Å²) >= 11 is 0. The van der Waals surface area contributed by atoms with E-state index in [-0.39, 0.29) is 29.4 Å². The number of aliphatic carboxylic acids is 1. The normalized spacial score (nSPS) is 29.9. The first-order valence-electron chi connectivity index (χ1n) is 6.86. The van der Waals surface area contributed by atoms with Crippen LogP contribution >= 0.6 is 0 Å². The van der Waals surface area contributed by atoms with Crippen molar-refractivity contribution >= 4 is 12.1 Å². The van der Waals surface area contributed by atoms with Crippen molar-refractivity contribution in [3.05, 3.63) is 0 Å². The molecule has 1 aliphatic rings. The van der Waals surface area contributed by atoms with Gasteiger partial charge in [0.2, 0.25) is 0 Å². The number of rotatable bonds is 3. The van der Waals surface area contributed by atoms with Crippen LogP contribution in [0.2, 0.25) is 0 Å². The minimum Gasteiger partial charge on any atom is -0.481 e. The second-order valence-corrected chi connectivity index (χ2v) is 6.28. The Kier molecular flexibility index (Phi) is 4.82. The third-order valence-electron chi connectivity index (χ3n) is 4.39. The monoisotopic (exact) mass is 271 g/mol. The van der Waals surface area contributed by atoms with Crippen molar-refractivity contribution in [2.45, 2.75) is 59.6 Å². The predicted molar refractivity (Wildman–Crippen MR) is 71.8 cm³/mol. The van der Waals surface area contributed by atoms with Crippen molar-refractivity contribution in [3.63, 3.8) is 0 Å². The van der Waals surface area contributed by atoms with E-state index in [1.54, 1.807) is 13.8 Å². The number of alkyl carbamates (subject to hydrolysis) is 1. The van der Waals surface area contributed by atoms with Gasteiger partial charge in [-0.15, -0.1) is 0 Å². The summed E-state index contributed by atoms with van der Waals surface area (Å²) in [7, 11) is 0. The third-order valence-corrected chi connectivity index (χ3v) is 4.39. The number of hydrogen-bond donors (Lipinski definition) is 2. The van der Waals surface area contributed by atoms with Gasteiger partial charge in [0.05, 0.1) is 12.0 Å². The molecule has 0 aliphatic heterocycles. The SMILES string of the molecule is CC(C)OC(=O)NC1CCC(C(=O)O)C(C)(C)C1C. The van der Waals surface area contributed by atoms with Crippen LogP contribution in [0.5, 0.6) is 0 Å². The van der Waals surface area contributed by atoms with Crippen molar-refractivity contribution in [3.8, 4) is 0 Å². The molecule has 0 aromatic heterocycles. The summed E-state index contributed by atoms with van der Waals surface area (Å²) in [5, 5.41) is 12.1. The molecule has 1 saturated carbocycles. The van der Waals surface area contributed by atoms with Crippen molar-refractivity contribution < 1.29 is 19.4 Å². The predicted octanol–water partition coefficient (Wildman–Crippen LogP) is 2.65. The first kappa shape index (κ1) is 15.8. The van der Waals surface area contributed by atoms with E-state index in [2.05, 4.69) is 5.32 Å². The fourth-order valence-corrected chi connectivity index (χ4v) is 2.84. The van der Waals surface area contributed by atoms with Crippen molar-refractivity contribution in [1.82, 2.24) is 5.32 Å². The Bertz CT molecular complexity index is 351. The van der Waals surface area contributed by atoms with Gasteiger partial charge in [0.25, 0.3) is 0 Å². The fraction of sp³-hybridized carbons (Fsp3) is 0.857. The zero-order chi connectivity index (χ0) is 14.8. The summed E-state index contributed by atoms with van der Waals surface area (Å²) in [6, 6.07) is -0.0307. The molecule has 5 heteroatoms. The maximum Gasteiger partial charge on any atom is 0.407 e. The van der Waals surface area contributed by atoms with Crippen LogP contribution in [0.3, 0.4) is 0 Å². The minimum atomic E-state index is -0.750. The Hall–Kier alpha value is -1.26. The molecule has 3 unspecified atom stereocenters. The molecular weight excluding hydrogens is 246 g/mol. The maximum absolute atomic E-state index is 11.6. The van der Waals surface area contributed by atoms with Gasteiger partial charge in [0.15, 0.2) is 0 Å². The maximum atomic E-state index is 11.6. The molecule has 3 atom stereocenters. The number of carboxylic acids is 1. The molecule has 1 fully saturated rings. The van der Waals surface area contributed by atoms with Gasteiger partial charge in [0.1, 0.15) is 0 Å². The first-order valence-corrected chi connectivity index (χ1v) is 6.86. The highest BCUT2D eigenvalue weighted by atomic mass is 16.6. The summed E-state index contributed by atoms with van der Waals surface area (Å²) in [4.78, 5) is 22.9. The van der Waals surface area contributed by atoms with Crippen LogP contribution in [0, 0.1) is 17.3 Å². The largest absolute Gasteiger partial charge is 0.481 e. The van der Waals surface area contributed by atoms with Crippen molar-refractivity contribution in [1.29, 1.82) is 0 Å². The van der Waals surface area contributed by atoms with E-state index in [1.165, 1.54) is 0 Å². The lowest BCUT2D eigenvalue weighted by atomic mass is 9.61. The summed E-state index contributed by atoms with van der Waals surface area (Å²) in [6.07, 6.45) is 0.684. The molecular formula is C14H25NO4. The quantitative estimate of drug-likeness (QED) is 0.827. The zero-order valence-corrected chi connectivity index (χ0v) is 12.4. The van der Waals surface area contributed by atoms with Crippen LogP contribution in [-0.4, -0.2) is 29.3 Å². The summed E-state index contributed by atoms with van der Waals surface area (Å²) < 4.78 is 5.08. The van der Waals surface area contributed by atoms with Gasteiger partial charge in [-0.05, 0) is 38.0 Å². The van der Waals surface area contributed by atoms with E-state index in [0.717, 1.165) is 0 Å². The molecule has 1 aliphatic carbocycles. The highest BCUT2D eigenvalue weighted by molar-refractivity contribution is 5.71. The van der Waals surface area contributed by atoms with Crippen LogP contribution in [-0.2, 0) is 9.53 Å². The average Bonchev–Trinajstić information content (AvgIpc) is 2.23. The average molecular weight is 271 g/mol. The molecule has 2 N–H and O–H groups in total. The topological polar surface area (TPSA) is 75.6 Å². The Labute approximate surface area is 114 Å². The number of hydrogen-bond acceptors (Lipinski definition) is 3. The molecule has 0 saturated heterocycles. The Balaban J connectivity index is 2.70. The third kappa shape index (κ3) is 3.61. The molecule has 110 valence electrons. The lowest BCUT2D eigenvalue weighted by molar-refractivity contribution is -0.150. The van der Waals surface area contributed by atoms with Gasteiger partial charge in [-0.1, -0.05) is 20.8 Å². The summed E-state index contributed by atoms with van der Waals surface area (Å²) in [5.41, 5.74) is -0.347. The van der Waals surface area contributed by atoms with E-state index in [0.29, 0.717) is 12.8 Å². The van der Waals surface area contributed by atoms with Crippen LogP contribution in [0.25, 0.3) is 0 Å². The smallest absolute Gasteiger partial charge is 0.407 e. The highest BCUT2D eigenvalue weighted by Crippen LogP contribution is 2.45. The number of carbonyl (C=O) groups is 2. The minimum absolute atomic E-state index is 0.0307. The lowest BCUT2D eigenvalue weighted by Crippen LogP contribution is -2.52. The van der Waals surface area contributed by atoms with E-state index < -0.39 is 12.1 Å². The number of carbonyl (C=O) groups excluding carboxylic acids is 1. The fourth-order valence-electron chi connectivity index (χ4n) is 2.84. The number of amides is 1. The highest BCUT2D eigenvalue weighted by Gasteiger charge is 2.46. The van der Waals surface area contributed by atoms with Crippen molar-refractivity contribution in [2.24, 2.45) is 17.3 Å². The van der Waals surface area contributed by atoms with Gasteiger partial charge in [-0.25, -0.2) is 4.79 Å². The van der Waals surface area contributed by atoms with E-state index in [1.807, 2.05) is 20.8 Å². The van der Waals surface area contributed by atoms with Crippen LogP contribution in [0.1, 0.15) is 47.5 Å². The lowest BCUT2D eigenvalue weighted by Gasteiger charge is -2.46. The van der Waals surface area contributed by atoms with Crippen LogP contribution in [0.15, 0.2) is 0 Å². The number of nitrogens with one attached hydrogen (secondary N) is 1. The van der Waals surface area contributed by atoms with Crippen LogP contribution < -0.4 is 5.32 Å². The standard InChI is InChI=1S/C14H25NO4/c1-8(2)19-13(18)15-11-7-6-10(12(16)17)14(4,5)9(11)3/h8-11H,6-7H2,1-5H3,(H,15,18)(H,16,17).